The van der Waals surface area contributed by atoms with E-state index in [9.17, 15) is 14.3 Å². The summed E-state index contributed by atoms with van der Waals surface area (Å²) >= 11 is 0. The Labute approximate surface area is 108 Å². The molecular formula is C13H13FO5. The van der Waals surface area contributed by atoms with Crippen LogP contribution in [0.15, 0.2) is 6.07 Å². The standard InChI is InChI=1S/C13H13FO5/c1-17-10-7(13(2-3-13)12(15)16)6-8-11(9(10)14)19-5-4-18-8/h6H,2-5H2,1H3,(H,15,16). The highest BCUT2D eigenvalue weighted by Crippen LogP contribution is 2.55. The van der Waals surface area contributed by atoms with Gasteiger partial charge in [0.15, 0.2) is 11.5 Å². The van der Waals surface area contributed by atoms with Gasteiger partial charge in [-0.05, 0) is 18.9 Å². The van der Waals surface area contributed by atoms with Crippen LogP contribution in [0.25, 0.3) is 0 Å². The summed E-state index contributed by atoms with van der Waals surface area (Å²) in [4.78, 5) is 11.4. The first-order valence-electron chi connectivity index (χ1n) is 6.00. The van der Waals surface area contributed by atoms with E-state index >= 15 is 0 Å². The van der Waals surface area contributed by atoms with Crippen molar-refractivity contribution in [1.82, 2.24) is 0 Å². The van der Waals surface area contributed by atoms with Gasteiger partial charge in [-0.15, -0.1) is 0 Å². The first-order valence-corrected chi connectivity index (χ1v) is 6.00. The van der Waals surface area contributed by atoms with E-state index in [4.69, 9.17) is 14.2 Å². The molecule has 1 N–H and O–H groups in total. The number of rotatable bonds is 3. The fourth-order valence-electron chi connectivity index (χ4n) is 2.41. The predicted molar refractivity (Wildman–Crippen MR) is 62.5 cm³/mol. The van der Waals surface area contributed by atoms with Crippen LogP contribution in [0.2, 0.25) is 0 Å². The van der Waals surface area contributed by atoms with Crippen LogP contribution in [0.4, 0.5) is 4.39 Å². The summed E-state index contributed by atoms with van der Waals surface area (Å²) in [6.07, 6.45) is 0.940. The van der Waals surface area contributed by atoms with Crippen molar-refractivity contribution in [3.8, 4) is 17.2 Å². The van der Waals surface area contributed by atoms with E-state index in [1.807, 2.05) is 0 Å². The maximum atomic E-state index is 14.3. The third-order valence-electron chi connectivity index (χ3n) is 3.61. The van der Waals surface area contributed by atoms with E-state index in [-0.39, 0.29) is 23.9 Å². The summed E-state index contributed by atoms with van der Waals surface area (Å²) in [7, 11) is 1.32. The Morgan fingerprint density at radius 3 is 2.68 bits per heavy atom. The Kier molecular flexibility index (Phi) is 2.55. The van der Waals surface area contributed by atoms with Crippen molar-refractivity contribution in [2.24, 2.45) is 0 Å². The molecule has 1 fully saturated rings. The van der Waals surface area contributed by atoms with Gasteiger partial charge in [0.2, 0.25) is 11.6 Å². The number of ether oxygens (including phenoxy) is 3. The van der Waals surface area contributed by atoms with E-state index in [2.05, 4.69) is 0 Å². The van der Waals surface area contributed by atoms with Gasteiger partial charge >= 0.3 is 5.97 Å². The van der Waals surface area contributed by atoms with Gasteiger partial charge in [-0.3, -0.25) is 4.79 Å². The van der Waals surface area contributed by atoms with Crippen LogP contribution < -0.4 is 14.2 Å². The predicted octanol–water partition coefficient (Wildman–Crippen LogP) is 1.72. The second kappa shape index (κ2) is 4.01. The summed E-state index contributed by atoms with van der Waals surface area (Å²) in [5, 5.41) is 9.32. The van der Waals surface area contributed by atoms with E-state index in [1.54, 1.807) is 0 Å². The highest BCUT2D eigenvalue weighted by molar-refractivity contribution is 5.86. The van der Waals surface area contributed by atoms with Gasteiger partial charge in [0.25, 0.3) is 0 Å². The van der Waals surface area contributed by atoms with Crippen LogP contribution in [0, 0.1) is 5.82 Å². The molecule has 1 aliphatic carbocycles. The van der Waals surface area contributed by atoms with Crippen LogP contribution in [0.1, 0.15) is 18.4 Å². The Morgan fingerprint density at radius 2 is 2.11 bits per heavy atom. The number of hydrogen-bond donors (Lipinski definition) is 1. The lowest BCUT2D eigenvalue weighted by Crippen LogP contribution is -2.23. The van der Waals surface area contributed by atoms with Crippen molar-refractivity contribution < 1.29 is 28.5 Å². The Morgan fingerprint density at radius 1 is 1.42 bits per heavy atom. The number of hydrogen-bond acceptors (Lipinski definition) is 4. The molecule has 0 bridgehead atoms. The maximum absolute atomic E-state index is 14.3. The molecule has 1 aromatic rings. The van der Waals surface area contributed by atoms with Gasteiger partial charge in [0.1, 0.15) is 13.2 Å². The molecule has 0 radical (unpaired) electrons. The summed E-state index contributed by atoms with van der Waals surface area (Å²) in [5.74, 6) is -1.49. The highest BCUT2D eigenvalue weighted by Gasteiger charge is 2.54. The first kappa shape index (κ1) is 12.1. The lowest BCUT2D eigenvalue weighted by Gasteiger charge is -2.23. The number of fused-ring (bicyclic) bond motifs is 1. The van der Waals surface area contributed by atoms with E-state index in [0.29, 0.717) is 25.0 Å². The summed E-state index contributed by atoms with van der Waals surface area (Å²) < 4.78 is 29.9. The molecule has 0 unspecified atom stereocenters. The third-order valence-corrected chi connectivity index (χ3v) is 3.61. The Balaban J connectivity index is 2.19. The number of benzene rings is 1. The molecule has 102 valence electrons. The number of carbonyl (C=O) groups is 1. The van der Waals surface area contributed by atoms with Crippen LogP contribution in [-0.2, 0) is 10.2 Å². The van der Waals surface area contributed by atoms with Gasteiger partial charge in [0.05, 0.1) is 12.5 Å². The Hall–Kier alpha value is -1.98. The zero-order chi connectivity index (χ0) is 13.6. The quantitative estimate of drug-likeness (QED) is 0.904. The SMILES string of the molecule is COc1c(C2(C(=O)O)CC2)cc2c(c1F)OCCO2. The molecule has 0 spiro atoms. The molecule has 1 aromatic carbocycles. The molecule has 1 heterocycles. The fraction of sp³-hybridized carbons (Fsp3) is 0.462. The van der Waals surface area contributed by atoms with Crippen LogP contribution >= 0.6 is 0 Å². The van der Waals surface area contributed by atoms with E-state index in [0.717, 1.165) is 0 Å². The molecule has 0 aromatic heterocycles. The number of methoxy groups -OCH3 is 1. The van der Waals surface area contributed by atoms with Crippen molar-refractivity contribution in [3.05, 3.63) is 17.4 Å². The van der Waals surface area contributed by atoms with Crippen molar-refractivity contribution in [2.45, 2.75) is 18.3 Å². The molecule has 2 aliphatic rings. The Bertz CT molecular complexity index is 550. The molecule has 1 saturated carbocycles. The molecular weight excluding hydrogens is 255 g/mol. The number of carboxylic acids is 1. The molecule has 1 aliphatic heterocycles. The largest absolute Gasteiger partial charge is 0.493 e. The second-order valence-electron chi connectivity index (χ2n) is 4.68. The minimum atomic E-state index is -1.05. The smallest absolute Gasteiger partial charge is 0.314 e. The molecule has 0 atom stereocenters. The zero-order valence-electron chi connectivity index (χ0n) is 10.4. The average Bonchev–Trinajstić information content (AvgIpc) is 3.20. The van der Waals surface area contributed by atoms with Crippen LogP contribution in [0.5, 0.6) is 17.2 Å². The lowest BCUT2D eigenvalue weighted by atomic mass is 9.94. The number of halogens is 1. The molecule has 5 nitrogen and oxygen atoms in total. The van der Waals surface area contributed by atoms with Gasteiger partial charge in [-0.1, -0.05) is 0 Å². The van der Waals surface area contributed by atoms with Gasteiger partial charge in [-0.25, -0.2) is 0 Å². The van der Waals surface area contributed by atoms with Crippen molar-refractivity contribution in [3.63, 3.8) is 0 Å². The number of carboxylic acid groups (broad SMARTS) is 1. The summed E-state index contributed by atoms with van der Waals surface area (Å²) in [6, 6.07) is 1.53. The van der Waals surface area contributed by atoms with E-state index in [1.165, 1.54) is 13.2 Å². The molecule has 6 heteroatoms. The van der Waals surface area contributed by atoms with Crippen molar-refractivity contribution in [1.29, 1.82) is 0 Å². The normalized spacial score (nSPS) is 18.8. The zero-order valence-corrected chi connectivity index (χ0v) is 10.4. The van der Waals surface area contributed by atoms with Gasteiger partial charge in [-0.2, -0.15) is 4.39 Å². The molecule has 0 amide bonds. The van der Waals surface area contributed by atoms with Gasteiger partial charge < -0.3 is 19.3 Å². The summed E-state index contributed by atoms with van der Waals surface area (Å²) in [5.41, 5.74) is -0.730. The molecule has 0 saturated heterocycles. The fourth-order valence-corrected chi connectivity index (χ4v) is 2.41. The average molecular weight is 268 g/mol. The van der Waals surface area contributed by atoms with Crippen molar-refractivity contribution in [2.75, 3.05) is 20.3 Å². The molecule has 3 rings (SSSR count). The minimum absolute atomic E-state index is 0.00645. The van der Waals surface area contributed by atoms with Gasteiger partial charge in [0, 0.05) is 5.56 Å². The van der Waals surface area contributed by atoms with Crippen molar-refractivity contribution >= 4 is 5.97 Å². The highest BCUT2D eigenvalue weighted by atomic mass is 19.1. The topological polar surface area (TPSA) is 65.0 Å². The lowest BCUT2D eigenvalue weighted by molar-refractivity contribution is -0.140. The van der Waals surface area contributed by atoms with Crippen LogP contribution in [-0.4, -0.2) is 31.4 Å². The monoisotopic (exact) mass is 268 g/mol. The number of aliphatic carboxylic acids is 1. The third kappa shape index (κ3) is 1.63. The van der Waals surface area contributed by atoms with E-state index < -0.39 is 17.2 Å². The maximum Gasteiger partial charge on any atom is 0.314 e. The second-order valence-corrected chi connectivity index (χ2v) is 4.68. The molecule has 19 heavy (non-hydrogen) atoms. The van der Waals surface area contributed by atoms with Crippen LogP contribution in [0.3, 0.4) is 0 Å². The summed E-state index contributed by atoms with van der Waals surface area (Å²) in [6.45, 7) is 0.578. The minimum Gasteiger partial charge on any atom is -0.493 e. The first-order chi connectivity index (χ1) is 9.10.